The summed E-state index contributed by atoms with van der Waals surface area (Å²) in [6, 6.07) is 3.88. The molecule has 0 unspecified atom stereocenters. The van der Waals surface area contributed by atoms with Crippen LogP contribution in [-0.4, -0.2) is 11.5 Å². The lowest BCUT2D eigenvalue weighted by atomic mass is 10.2. The first-order chi connectivity index (χ1) is 8.16. The Labute approximate surface area is 99.6 Å². The minimum atomic E-state index is -0.860. The summed E-state index contributed by atoms with van der Waals surface area (Å²) in [6.45, 7) is 2.47. The SMILES string of the molecule is CCCCCCOc1cccc(F)c1[N+](=O)[O-]. The molecule has 0 aliphatic rings. The number of halogens is 1. The Bertz CT molecular complexity index is 382. The summed E-state index contributed by atoms with van der Waals surface area (Å²) in [5, 5.41) is 10.7. The predicted molar refractivity (Wildman–Crippen MR) is 62.7 cm³/mol. The van der Waals surface area contributed by atoms with Crippen molar-refractivity contribution in [3.63, 3.8) is 0 Å². The number of ether oxygens (including phenoxy) is 1. The van der Waals surface area contributed by atoms with Crippen LogP contribution in [0.3, 0.4) is 0 Å². The van der Waals surface area contributed by atoms with E-state index in [-0.39, 0.29) is 5.75 Å². The van der Waals surface area contributed by atoms with Gasteiger partial charge in [-0.2, -0.15) is 4.39 Å². The Morgan fingerprint density at radius 3 is 2.76 bits per heavy atom. The molecule has 0 aliphatic heterocycles. The van der Waals surface area contributed by atoms with Gasteiger partial charge >= 0.3 is 5.69 Å². The van der Waals surface area contributed by atoms with Gasteiger partial charge in [0.25, 0.3) is 0 Å². The van der Waals surface area contributed by atoms with Gasteiger partial charge in [0, 0.05) is 0 Å². The first-order valence-corrected chi connectivity index (χ1v) is 5.72. The van der Waals surface area contributed by atoms with E-state index in [1.165, 1.54) is 12.1 Å². The molecule has 0 N–H and O–H groups in total. The van der Waals surface area contributed by atoms with E-state index in [0.717, 1.165) is 31.7 Å². The maximum atomic E-state index is 13.2. The number of hydrogen-bond donors (Lipinski definition) is 0. The Hall–Kier alpha value is -1.65. The van der Waals surface area contributed by atoms with E-state index in [1.807, 2.05) is 0 Å². The van der Waals surface area contributed by atoms with Crippen molar-refractivity contribution in [3.05, 3.63) is 34.1 Å². The number of hydrogen-bond acceptors (Lipinski definition) is 3. The minimum absolute atomic E-state index is 0.00602. The molecule has 0 radical (unpaired) electrons. The summed E-state index contributed by atoms with van der Waals surface area (Å²) in [4.78, 5) is 9.91. The summed E-state index contributed by atoms with van der Waals surface area (Å²) in [5.41, 5.74) is -0.581. The molecular formula is C12H16FNO3. The number of rotatable bonds is 7. The largest absolute Gasteiger partial charge is 0.487 e. The van der Waals surface area contributed by atoms with Gasteiger partial charge in [-0.05, 0) is 18.6 Å². The fourth-order valence-electron chi connectivity index (χ4n) is 1.50. The van der Waals surface area contributed by atoms with Crippen LogP contribution < -0.4 is 4.74 Å². The smallest absolute Gasteiger partial charge is 0.346 e. The van der Waals surface area contributed by atoms with E-state index in [4.69, 9.17) is 4.74 Å². The van der Waals surface area contributed by atoms with Crippen molar-refractivity contribution < 1.29 is 14.1 Å². The lowest BCUT2D eigenvalue weighted by molar-refractivity contribution is -0.388. The normalized spacial score (nSPS) is 10.2. The highest BCUT2D eigenvalue weighted by Crippen LogP contribution is 2.29. The topological polar surface area (TPSA) is 52.4 Å². The molecule has 4 nitrogen and oxygen atoms in total. The van der Waals surface area contributed by atoms with Crippen LogP contribution in [0.2, 0.25) is 0 Å². The molecule has 0 fully saturated rings. The zero-order valence-corrected chi connectivity index (χ0v) is 9.82. The molecule has 0 heterocycles. The van der Waals surface area contributed by atoms with Crippen molar-refractivity contribution in [1.82, 2.24) is 0 Å². The first-order valence-electron chi connectivity index (χ1n) is 5.72. The van der Waals surface area contributed by atoms with Crippen LogP contribution in [0.5, 0.6) is 5.75 Å². The highest BCUT2D eigenvalue weighted by molar-refractivity contribution is 5.47. The van der Waals surface area contributed by atoms with E-state index in [9.17, 15) is 14.5 Å². The van der Waals surface area contributed by atoms with Crippen LogP contribution in [0.25, 0.3) is 0 Å². The molecule has 1 aromatic rings. The molecule has 94 valence electrons. The molecule has 5 heteroatoms. The maximum Gasteiger partial charge on any atom is 0.346 e. The number of nitrogens with zero attached hydrogens (tertiary/aromatic N) is 1. The third-order valence-electron chi connectivity index (χ3n) is 2.39. The monoisotopic (exact) mass is 241 g/mol. The van der Waals surface area contributed by atoms with E-state index in [2.05, 4.69) is 6.92 Å². The third-order valence-corrected chi connectivity index (χ3v) is 2.39. The lowest BCUT2D eigenvalue weighted by Crippen LogP contribution is -2.02. The molecule has 0 saturated carbocycles. The van der Waals surface area contributed by atoms with Crippen LogP contribution in [0.4, 0.5) is 10.1 Å². The van der Waals surface area contributed by atoms with Gasteiger partial charge < -0.3 is 4.74 Å². The van der Waals surface area contributed by atoms with Gasteiger partial charge in [-0.3, -0.25) is 10.1 Å². The average molecular weight is 241 g/mol. The number of para-hydroxylation sites is 1. The molecule has 0 amide bonds. The lowest BCUT2D eigenvalue weighted by Gasteiger charge is -2.06. The fraction of sp³-hybridized carbons (Fsp3) is 0.500. The van der Waals surface area contributed by atoms with Gasteiger partial charge in [-0.25, -0.2) is 0 Å². The van der Waals surface area contributed by atoms with Gasteiger partial charge in [0.15, 0.2) is 5.75 Å². The fourth-order valence-corrected chi connectivity index (χ4v) is 1.50. The average Bonchev–Trinajstić information content (AvgIpc) is 2.28. The second kappa shape index (κ2) is 6.83. The van der Waals surface area contributed by atoms with Crippen molar-refractivity contribution in [3.8, 4) is 5.75 Å². The molecule has 17 heavy (non-hydrogen) atoms. The summed E-state index contributed by atoms with van der Waals surface area (Å²) >= 11 is 0. The highest BCUT2D eigenvalue weighted by Gasteiger charge is 2.20. The van der Waals surface area contributed by atoms with Crippen LogP contribution in [-0.2, 0) is 0 Å². The molecular weight excluding hydrogens is 225 g/mol. The zero-order valence-electron chi connectivity index (χ0n) is 9.82. The Balaban J connectivity index is 2.58. The van der Waals surface area contributed by atoms with Crippen molar-refractivity contribution in [2.24, 2.45) is 0 Å². The summed E-state index contributed by atoms with van der Waals surface area (Å²) in [7, 11) is 0. The van der Waals surface area contributed by atoms with Crippen LogP contribution in [0, 0.1) is 15.9 Å². The molecule has 0 aliphatic carbocycles. The molecule has 0 aromatic heterocycles. The molecule has 0 spiro atoms. The summed E-state index contributed by atoms with van der Waals surface area (Å²) in [6.07, 6.45) is 4.05. The van der Waals surface area contributed by atoms with Crippen molar-refractivity contribution in [2.75, 3.05) is 6.61 Å². The summed E-state index contributed by atoms with van der Waals surface area (Å²) in [5.74, 6) is -0.854. The van der Waals surface area contributed by atoms with Gasteiger partial charge in [0.1, 0.15) is 0 Å². The molecule has 0 atom stereocenters. The van der Waals surface area contributed by atoms with Gasteiger partial charge in [-0.15, -0.1) is 0 Å². The number of benzene rings is 1. The van der Waals surface area contributed by atoms with Crippen molar-refractivity contribution in [1.29, 1.82) is 0 Å². The molecule has 0 saturated heterocycles. The van der Waals surface area contributed by atoms with E-state index in [1.54, 1.807) is 0 Å². The van der Waals surface area contributed by atoms with Gasteiger partial charge in [0.05, 0.1) is 11.5 Å². The first kappa shape index (κ1) is 13.4. The van der Waals surface area contributed by atoms with E-state index < -0.39 is 16.4 Å². The molecule has 0 bridgehead atoms. The Kier molecular flexibility index (Phi) is 5.39. The number of nitro groups is 1. The van der Waals surface area contributed by atoms with Gasteiger partial charge in [0.2, 0.25) is 5.82 Å². The summed E-state index contributed by atoms with van der Waals surface area (Å²) < 4.78 is 18.5. The third kappa shape index (κ3) is 4.01. The molecule has 1 rings (SSSR count). The van der Waals surface area contributed by atoms with Crippen LogP contribution in [0.15, 0.2) is 18.2 Å². The van der Waals surface area contributed by atoms with Crippen molar-refractivity contribution >= 4 is 5.69 Å². The highest BCUT2D eigenvalue weighted by atomic mass is 19.1. The standard InChI is InChI=1S/C12H16FNO3/c1-2-3-4-5-9-17-11-8-6-7-10(13)12(11)14(15)16/h6-8H,2-5,9H2,1H3. The number of nitro benzene ring substituents is 1. The predicted octanol–water partition coefficient (Wildman–Crippen LogP) is 3.69. The molecule has 1 aromatic carbocycles. The van der Waals surface area contributed by atoms with Crippen molar-refractivity contribution in [2.45, 2.75) is 32.6 Å². The van der Waals surface area contributed by atoms with Gasteiger partial charge in [-0.1, -0.05) is 32.3 Å². The quantitative estimate of drug-likeness (QED) is 0.415. The minimum Gasteiger partial charge on any atom is -0.487 e. The van der Waals surface area contributed by atoms with E-state index >= 15 is 0 Å². The van der Waals surface area contributed by atoms with Crippen LogP contribution >= 0.6 is 0 Å². The Morgan fingerprint density at radius 1 is 1.35 bits per heavy atom. The van der Waals surface area contributed by atoms with E-state index in [0.29, 0.717) is 6.61 Å². The zero-order chi connectivity index (χ0) is 12.7. The number of unbranched alkanes of at least 4 members (excludes halogenated alkanes) is 3. The Morgan fingerprint density at radius 2 is 2.12 bits per heavy atom. The second-order valence-electron chi connectivity index (χ2n) is 3.75. The maximum absolute atomic E-state index is 13.2. The second-order valence-corrected chi connectivity index (χ2v) is 3.75. The van der Waals surface area contributed by atoms with Crippen LogP contribution in [0.1, 0.15) is 32.6 Å².